The number of hydrogen-bond donors (Lipinski definition) is 2. The predicted molar refractivity (Wildman–Crippen MR) is 178 cm³/mol. The largest absolute Gasteiger partial charge is 0.340 e. The van der Waals surface area contributed by atoms with Crippen molar-refractivity contribution >= 4 is 75.0 Å². The Hall–Kier alpha value is -5.04. The maximum atomic E-state index is 13.7. The summed E-state index contributed by atoms with van der Waals surface area (Å²) in [6, 6.07) is 11.2. The first-order valence-electron chi connectivity index (χ1n) is 15.5. The second-order valence-corrected chi connectivity index (χ2v) is 12.9. The number of benzene rings is 2. The average molecular weight is 656 g/mol. The summed E-state index contributed by atoms with van der Waals surface area (Å²) in [7, 11) is 5.45. The van der Waals surface area contributed by atoms with Crippen molar-refractivity contribution in [3.8, 4) is 0 Å². The highest BCUT2D eigenvalue weighted by Gasteiger charge is 2.36. The Kier molecular flexibility index (Phi) is 7.58. The number of anilines is 5. The molecule has 0 spiro atoms. The van der Waals surface area contributed by atoms with Crippen LogP contribution in [0, 0.1) is 0 Å². The number of aryl methyl sites for hydroxylation is 1. The van der Waals surface area contributed by atoms with Crippen LogP contribution in [0.1, 0.15) is 49.8 Å². The van der Waals surface area contributed by atoms with E-state index in [4.69, 9.17) is 16.6 Å². The van der Waals surface area contributed by atoms with Gasteiger partial charge in [-0.1, -0.05) is 11.6 Å². The number of carbonyl (C=O) groups excluding carboxylic acids is 4. The number of nitrogens with one attached hydrogen (secondary N) is 2. The maximum absolute atomic E-state index is 13.7. The van der Waals surface area contributed by atoms with E-state index in [2.05, 4.69) is 20.7 Å². The van der Waals surface area contributed by atoms with Gasteiger partial charge in [0.1, 0.15) is 5.02 Å². The molecule has 2 N–H and O–H groups in total. The second kappa shape index (κ2) is 11.6. The van der Waals surface area contributed by atoms with Crippen LogP contribution in [0.5, 0.6) is 0 Å². The lowest BCUT2D eigenvalue weighted by atomic mass is 9.92. The summed E-state index contributed by atoms with van der Waals surface area (Å²) in [6.07, 6.45) is 3.51. The van der Waals surface area contributed by atoms with Crippen LogP contribution in [0.3, 0.4) is 0 Å². The molecular formula is C33H34ClN9O4. The molecule has 3 aliphatic heterocycles. The van der Waals surface area contributed by atoms with Crippen LogP contribution in [-0.4, -0.2) is 69.6 Å². The molecule has 2 aromatic carbocycles. The van der Waals surface area contributed by atoms with Gasteiger partial charge in [-0.25, -0.2) is 4.98 Å². The number of piperidine rings is 2. The number of fused-ring (bicyclic) bond motifs is 2. The lowest BCUT2D eigenvalue weighted by Crippen LogP contribution is -2.51. The van der Waals surface area contributed by atoms with Crippen LogP contribution in [0.15, 0.2) is 42.6 Å². The number of likely N-dealkylation sites (N-methyl/N-ethyl adjacent to an activating group) is 1. The molecule has 5 heterocycles. The molecule has 47 heavy (non-hydrogen) atoms. The maximum Gasteiger partial charge on any atom is 0.235 e. The van der Waals surface area contributed by atoms with Gasteiger partial charge in [0.05, 0.1) is 29.7 Å². The summed E-state index contributed by atoms with van der Waals surface area (Å²) in [4.78, 5) is 64.6. The molecule has 4 aromatic rings. The quantitative estimate of drug-likeness (QED) is 0.296. The summed E-state index contributed by atoms with van der Waals surface area (Å²) in [6.45, 7) is 2.02. The first-order chi connectivity index (χ1) is 22.5. The molecule has 0 aliphatic carbocycles. The van der Waals surface area contributed by atoms with E-state index in [1.807, 2.05) is 67.2 Å². The molecule has 3 atom stereocenters. The highest BCUT2D eigenvalue weighted by molar-refractivity contribution is 6.33. The number of hydrogen-bond acceptors (Lipinski definition) is 9. The Bertz CT molecular complexity index is 1980. The van der Waals surface area contributed by atoms with Gasteiger partial charge in [-0.2, -0.15) is 10.1 Å². The third-order valence-electron chi connectivity index (χ3n) is 9.46. The summed E-state index contributed by atoms with van der Waals surface area (Å²) in [5.74, 6) is -0.214. The minimum atomic E-state index is -0.499. The molecule has 0 bridgehead atoms. The Morgan fingerprint density at radius 3 is 2.64 bits per heavy atom. The van der Waals surface area contributed by atoms with E-state index in [9.17, 15) is 19.2 Å². The SMILES string of the molecule is C[C@@H]1C[C@H](N(C)c2ncc(Cl)c(Nc3ccc4c(c3)CC(=O)N4C)n2)CC(=O)N1c1ccc2c(C3CCC(=O)NC3=O)nn(C)c2c1. The topological polar surface area (TPSA) is 146 Å². The highest BCUT2D eigenvalue weighted by atomic mass is 35.5. The fourth-order valence-electron chi connectivity index (χ4n) is 6.92. The van der Waals surface area contributed by atoms with Gasteiger partial charge >= 0.3 is 0 Å². The van der Waals surface area contributed by atoms with Crippen molar-refractivity contribution in [3.63, 3.8) is 0 Å². The fraction of sp³-hybridized carbons (Fsp3) is 0.364. The Morgan fingerprint density at radius 2 is 1.87 bits per heavy atom. The number of aromatic nitrogens is 4. The molecule has 13 nitrogen and oxygen atoms in total. The van der Waals surface area contributed by atoms with E-state index in [0.29, 0.717) is 41.7 Å². The van der Waals surface area contributed by atoms with Gasteiger partial charge in [0, 0.05) is 68.5 Å². The van der Waals surface area contributed by atoms with Crippen molar-refractivity contribution in [2.75, 3.05) is 34.1 Å². The zero-order valence-electron chi connectivity index (χ0n) is 26.5. The zero-order valence-corrected chi connectivity index (χ0v) is 27.2. The van der Waals surface area contributed by atoms with E-state index in [1.54, 1.807) is 22.8 Å². The number of nitrogens with zero attached hydrogens (tertiary/aromatic N) is 7. The summed E-state index contributed by atoms with van der Waals surface area (Å²) in [5.41, 5.74) is 4.77. The van der Waals surface area contributed by atoms with Crippen LogP contribution >= 0.6 is 11.6 Å². The fourth-order valence-corrected chi connectivity index (χ4v) is 7.06. The van der Waals surface area contributed by atoms with Gasteiger partial charge in [-0.15, -0.1) is 0 Å². The van der Waals surface area contributed by atoms with Crippen molar-refractivity contribution in [1.29, 1.82) is 0 Å². The molecule has 14 heteroatoms. The van der Waals surface area contributed by atoms with E-state index in [-0.39, 0.29) is 48.6 Å². The van der Waals surface area contributed by atoms with Crippen molar-refractivity contribution in [2.24, 2.45) is 7.05 Å². The van der Waals surface area contributed by atoms with Gasteiger partial charge < -0.3 is 20.0 Å². The van der Waals surface area contributed by atoms with Crippen LogP contribution in [-0.2, 0) is 32.6 Å². The third kappa shape index (κ3) is 5.43. The minimum Gasteiger partial charge on any atom is -0.340 e. The number of imide groups is 1. The second-order valence-electron chi connectivity index (χ2n) is 12.5. The van der Waals surface area contributed by atoms with E-state index >= 15 is 0 Å². The monoisotopic (exact) mass is 655 g/mol. The van der Waals surface area contributed by atoms with Crippen molar-refractivity contribution < 1.29 is 19.2 Å². The van der Waals surface area contributed by atoms with Crippen LogP contribution in [0.2, 0.25) is 5.02 Å². The summed E-state index contributed by atoms with van der Waals surface area (Å²) in [5, 5.41) is 11.5. The van der Waals surface area contributed by atoms with E-state index in [0.717, 1.165) is 33.5 Å². The minimum absolute atomic E-state index is 0.0301. The Labute approximate surface area is 275 Å². The summed E-state index contributed by atoms with van der Waals surface area (Å²) >= 11 is 6.48. The van der Waals surface area contributed by atoms with Crippen molar-refractivity contribution in [1.82, 2.24) is 25.1 Å². The third-order valence-corrected chi connectivity index (χ3v) is 9.73. The number of rotatable bonds is 6. The van der Waals surface area contributed by atoms with Gasteiger partial charge in [-0.05, 0) is 61.7 Å². The Balaban J connectivity index is 1.07. The molecule has 2 aromatic heterocycles. The van der Waals surface area contributed by atoms with Crippen LogP contribution < -0.4 is 25.3 Å². The molecule has 2 fully saturated rings. The molecule has 0 saturated carbocycles. The Morgan fingerprint density at radius 1 is 1.06 bits per heavy atom. The molecule has 3 aliphatic rings. The standard InChI is InChI=1S/C33H34ClN9O4/c1-17-11-21(40(2)33-35-16-24(34)31(38-33)36-19-5-9-25-18(12-19)13-28(45)41(25)3)15-29(46)43(17)20-6-7-22-26(14-20)42(4)39-30(22)23-8-10-27(44)37-32(23)47/h5-7,9,12,14,16-17,21,23H,8,10-11,13,15H2,1-4H3,(H,35,36,38)(H,37,44,47)/t17-,21+,23?/m1/s1. The normalized spacial score (nSPS) is 21.3. The van der Waals surface area contributed by atoms with E-state index in [1.165, 1.54) is 0 Å². The predicted octanol–water partition coefficient (Wildman–Crippen LogP) is 3.82. The highest BCUT2D eigenvalue weighted by Crippen LogP contribution is 2.36. The van der Waals surface area contributed by atoms with Crippen molar-refractivity contribution in [3.05, 3.63) is 58.9 Å². The van der Waals surface area contributed by atoms with Gasteiger partial charge in [-0.3, -0.25) is 29.2 Å². The van der Waals surface area contributed by atoms with Crippen LogP contribution in [0.25, 0.3) is 10.9 Å². The number of amides is 4. The van der Waals surface area contributed by atoms with Gasteiger partial charge in [0.2, 0.25) is 29.6 Å². The molecule has 4 amide bonds. The van der Waals surface area contributed by atoms with Crippen LogP contribution in [0.4, 0.5) is 28.8 Å². The molecule has 2 saturated heterocycles. The molecule has 0 radical (unpaired) electrons. The number of carbonyl (C=O) groups is 4. The van der Waals surface area contributed by atoms with E-state index < -0.39 is 5.92 Å². The molecule has 242 valence electrons. The lowest BCUT2D eigenvalue weighted by molar-refractivity contribution is -0.134. The zero-order chi connectivity index (χ0) is 33.1. The molecule has 1 unspecified atom stereocenters. The number of halogens is 1. The summed E-state index contributed by atoms with van der Waals surface area (Å²) < 4.78 is 1.72. The lowest BCUT2D eigenvalue weighted by Gasteiger charge is -2.40. The van der Waals surface area contributed by atoms with Gasteiger partial charge in [0.25, 0.3) is 0 Å². The van der Waals surface area contributed by atoms with Gasteiger partial charge in [0.15, 0.2) is 5.82 Å². The molecule has 7 rings (SSSR count). The molecular weight excluding hydrogens is 622 g/mol. The first-order valence-corrected chi connectivity index (χ1v) is 15.9. The average Bonchev–Trinajstić information content (AvgIpc) is 3.51. The smallest absolute Gasteiger partial charge is 0.235 e. The first kappa shape index (κ1) is 30.6. The van der Waals surface area contributed by atoms with Crippen molar-refractivity contribution in [2.45, 2.75) is 57.0 Å².